The smallest absolute Gasteiger partial charge is 0.262 e. The summed E-state index contributed by atoms with van der Waals surface area (Å²) in [5, 5.41) is -0.645. The van der Waals surface area contributed by atoms with Crippen molar-refractivity contribution in [3.05, 3.63) is 33.2 Å². The van der Waals surface area contributed by atoms with Gasteiger partial charge in [0.2, 0.25) is 0 Å². The monoisotopic (exact) mass is 267 g/mol. The third-order valence-corrected chi connectivity index (χ3v) is 3.70. The number of carbonyl (C=O) groups is 1. The maximum absolute atomic E-state index is 12.2. The average Bonchev–Trinajstić information content (AvgIpc) is 2.74. The van der Waals surface area contributed by atoms with Gasteiger partial charge in [0.25, 0.3) is 10.8 Å². The largest absolute Gasteiger partial charge is 0.312 e. The first-order valence-electron chi connectivity index (χ1n) is 6.46. The Hall–Kier alpha value is -1.09. The fourth-order valence-electron chi connectivity index (χ4n) is 2.48. The number of halogens is 1. The molecule has 1 aliphatic carbocycles. The minimum absolute atomic E-state index is 0.126. The zero-order valence-electron chi connectivity index (χ0n) is 10.8. The summed E-state index contributed by atoms with van der Waals surface area (Å²) in [4.78, 5) is 23.5. The van der Waals surface area contributed by atoms with Gasteiger partial charge in [0, 0.05) is 12.2 Å². The first-order chi connectivity index (χ1) is 8.50. The van der Waals surface area contributed by atoms with Crippen LogP contribution in [0.4, 0.5) is 0 Å². The molecule has 98 valence electrons. The van der Waals surface area contributed by atoms with Gasteiger partial charge in [0.15, 0.2) is 0 Å². The predicted molar refractivity (Wildman–Crippen MR) is 72.4 cm³/mol. The molecule has 0 N–H and O–H groups in total. The topological polar surface area (TPSA) is 39.1 Å². The van der Waals surface area contributed by atoms with E-state index in [9.17, 15) is 9.59 Å². The van der Waals surface area contributed by atoms with E-state index in [0.717, 1.165) is 36.9 Å². The van der Waals surface area contributed by atoms with Gasteiger partial charge in [-0.3, -0.25) is 9.59 Å². The second kappa shape index (κ2) is 5.27. The zero-order chi connectivity index (χ0) is 13.3. The van der Waals surface area contributed by atoms with E-state index in [2.05, 4.69) is 13.8 Å². The zero-order valence-corrected chi connectivity index (χ0v) is 11.6. The van der Waals surface area contributed by atoms with Crippen molar-refractivity contribution < 1.29 is 4.79 Å². The Morgan fingerprint density at radius 1 is 1.44 bits per heavy atom. The van der Waals surface area contributed by atoms with Crippen LogP contribution < -0.4 is 5.56 Å². The molecule has 0 aliphatic heterocycles. The van der Waals surface area contributed by atoms with Gasteiger partial charge in [0.1, 0.15) is 0 Å². The molecule has 1 aromatic rings. The Kier molecular flexibility index (Phi) is 3.91. The SMILES string of the molecule is CC(C)CCn1c2c(cc(C(=O)Cl)c1=O)CCC2. The number of rotatable bonds is 4. The number of aryl methyl sites for hydroxylation is 1. The molecule has 0 radical (unpaired) electrons. The number of nitrogens with zero attached hydrogens (tertiary/aromatic N) is 1. The summed E-state index contributed by atoms with van der Waals surface area (Å²) in [7, 11) is 0. The lowest BCUT2D eigenvalue weighted by atomic mass is 10.1. The van der Waals surface area contributed by atoms with Gasteiger partial charge in [0.05, 0.1) is 5.56 Å². The lowest BCUT2D eigenvalue weighted by Gasteiger charge is -2.14. The van der Waals surface area contributed by atoms with Crippen molar-refractivity contribution in [2.24, 2.45) is 5.92 Å². The van der Waals surface area contributed by atoms with Crippen LogP contribution in [-0.4, -0.2) is 9.81 Å². The van der Waals surface area contributed by atoms with Crippen molar-refractivity contribution >= 4 is 16.8 Å². The summed E-state index contributed by atoms with van der Waals surface area (Å²) >= 11 is 5.49. The third-order valence-electron chi connectivity index (χ3n) is 3.49. The molecule has 0 amide bonds. The van der Waals surface area contributed by atoms with Crippen LogP contribution in [0.1, 0.15) is 48.3 Å². The quantitative estimate of drug-likeness (QED) is 0.787. The Morgan fingerprint density at radius 2 is 2.17 bits per heavy atom. The summed E-state index contributed by atoms with van der Waals surface area (Å²) in [5.41, 5.74) is 2.11. The highest BCUT2D eigenvalue weighted by Gasteiger charge is 2.21. The van der Waals surface area contributed by atoms with Crippen molar-refractivity contribution in [2.45, 2.75) is 46.1 Å². The van der Waals surface area contributed by atoms with Gasteiger partial charge in [-0.2, -0.15) is 0 Å². The van der Waals surface area contributed by atoms with Crippen molar-refractivity contribution in [1.29, 1.82) is 0 Å². The Balaban J connectivity index is 2.48. The van der Waals surface area contributed by atoms with Crippen LogP contribution in [0.5, 0.6) is 0 Å². The molecule has 0 saturated carbocycles. The van der Waals surface area contributed by atoms with Crippen LogP contribution in [0.25, 0.3) is 0 Å². The van der Waals surface area contributed by atoms with E-state index in [4.69, 9.17) is 11.6 Å². The summed E-state index contributed by atoms with van der Waals surface area (Å²) in [6, 6.07) is 1.69. The lowest BCUT2D eigenvalue weighted by molar-refractivity contribution is 0.107. The number of hydrogen-bond acceptors (Lipinski definition) is 2. The maximum Gasteiger partial charge on any atom is 0.262 e. The molecule has 2 rings (SSSR count). The van der Waals surface area contributed by atoms with Gasteiger partial charge in [-0.1, -0.05) is 13.8 Å². The molecular formula is C14H18ClNO2. The molecule has 1 heterocycles. The normalized spacial score (nSPS) is 14.0. The highest BCUT2D eigenvalue weighted by molar-refractivity contribution is 6.67. The first kappa shape index (κ1) is 13.3. The molecule has 4 heteroatoms. The van der Waals surface area contributed by atoms with Gasteiger partial charge in [-0.15, -0.1) is 0 Å². The molecule has 18 heavy (non-hydrogen) atoms. The van der Waals surface area contributed by atoms with Gasteiger partial charge < -0.3 is 4.57 Å². The van der Waals surface area contributed by atoms with Crippen LogP contribution in [0.3, 0.4) is 0 Å². The number of aromatic nitrogens is 1. The molecule has 0 aromatic carbocycles. The van der Waals surface area contributed by atoms with Crippen LogP contribution >= 0.6 is 11.6 Å². The van der Waals surface area contributed by atoms with E-state index in [1.807, 2.05) is 0 Å². The predicted octanol–water partition coefficient (Wildman–Crippen LogP) is 2.76. The highest BCUT2D eigenvalue weighted by atomic mass is 35.5. The second-order valence-electron chi connectivity index (χ2n) is 5.30. The lowest BCUT2D eigenvalue weighted by Crippen LogP contribution is -2.28. The first-order valence-corrected chi connectivity index (χ1v) is 6.84. The van der Waals surface area contributed by atoms with E-state index in [1.165, 1.54) is 0 Å². The van der Waals surface area contributed by atoms with Crippen LogP contribution in [0, 0.1) is 5.92 Å². The molecule has 0 saturated heterocycles. The third kappa shape index (κ3) is 2.51. The second-order valence-corrected chi connectivity index (χ2v) is 5.64. The summed E-state index contributed by atoms with van der Waals surface area (Å²) in [6.45, 7) is 4.93. The van der Waals surface area contributed by atoms with E-state index in [1.54, 1.807) is 10.6 Å². The Bertz CT molecular complexity index is 531. The highest BCUT2D eigenvalue weighted by Crippen LogP contribution is 2.22. The van der Waals surface area contributed by atoms with E-state index in [0.29, 0.717) is 12.5 Å². The standard InChI is InChI=1S/C14H18ClNO2/c1-9(2)6-7-16-12-5-3-4-10(12)8-11(13(15)17)14(16)18/h8-9H,3-7H2,1-2H3. The van der Waals surface area contributed by atoms with E-state index < -0.39 is 5.24 Å². The average molecular weight is 268 g/mol. The number of hydrogen-bond donors (Lipinski definition) is 0. The molecule has 1 aliphatic rings. The Labute approximate surface area is 112 Å². The van der Waals surface area contributed by atoms with Crippen molar-refractivity contribution in [1.82, 2.24) is 4.57 Å². The molecule has 0 atom stereocenters. The molecule has 0 spiro atoms. The fourth-order valence-corrected chi connectivity index (χ4v) is 2.62. The molecule has 1 aromatic heterocycles. The van der Waals surface area contributed by atoms with Crippen molar-refractivity contribution in [3.63, 3.8) is 0 Å². The van der Waals surface area contributed by atoms with Gasteiger partial charge in [-0.25, -0.2) is 0 Å². The molecular weight excluding hydrogens is 250 g/mol. The van der Waals surface area contributed by atoms with Crippen LogP contribution in [0.2, 0.25) is 0 Å². The number of fused-ring (bicyclic) bond motifs is 1. The Morgan fingerprint density at radius 3 is 2.78 bits per heavy atom. The van der Waals surface area contributed by atoms with Gasteiger partial charge >= 0.3 is 0 Å². The van der Waals surface area contributed by atoms with E-state index >= 15 is 0 Å². The van der Waals surface area contributed by atoms with Gasteiger partial charge in [-0.05, 0) is 54.8 Å². The van der Waals surface area contributed by atoms with Crippen molar-refractivity contribution in [3.8, 4) is 0 Å². The molecule has 0 unspecified atom stereocenters. The van der Waals surface area contributed by atoms with Crippen LogP contribution in [-0.2, 0) is 19.4 Å². The minimum Gasteiger partial charge on any atom is -0.312 e. The number of pyridine rings is 1. The molecule has 0 bridgehead atoms. The van der Waals surface area contributed by atoms with Crippen LogP contribution in [0.15, 0.2) is 10.9 Å². The fraction of sp³-hybridized carbons (Fsp3) is 0.571. The number of carbonyl (C=O) groups excluding carboxylic acids is 1. The van der Waals surface area contributed by atoms with E-state index in [-0.39, 0.29) is 11.1 Å². The molecule has 0 fully saturated rings. The molecule has 3 nitrogen and oxygen atoms in total. The van der Waals surface area contributed by atoms with Crippen molar-refractivity contribution in [2.75, 3.05) is 0 Å². The maximum atomic E-state index is 12.2. The minimum atomic E-state index is -0.645. The summed E-state index contributed by atoms with van der Waals surface area (Å²) < 4.78 is 1.76. The summed E-state index contributed by atoms with van der Waals surface area (Å²) in [6.07, 6.45) is 3.86. The summed E-state index contributed by atoms with van der Waals surface area (Å²) in [5.74, 6) is 0.532.